The molecule has 0 atom stereocenters. The molecule has 1 aliphatic heterocycles. The van der Waals surface area contributed by atoms with Gasteiger partial charge < -0.3 is 18.4 Å². The number of benzene rings is 2. The van der Waals surface area contributed by atoms with E-state index in [1.54, 1.807) is 12.1 Å². The van der Waals surface area contributed by atoms with Crippen LogP contribution in [-0.2, 0) is 14.9 Å². The Morgan fingerprint density at radius 3 is 2.59 bits per heavy atom. The van der Waals surface area contributed by atoms with Crippen molar-refractivity contribution in [3.8, 4) is 11.5 Å². The fourth-order valence-corrected chi connectivity index (χ4v) is 3.87. The van der Waals surface area contributed by atoms with Crippen LogP contribution in [0.1, 0.15) is 13.3 Å². The summed E-state index contributed by atoms with van der Waals surface area (Å²) in [5.74, 6) is 0.817. The van der Waals surface area contributed by atoms with Gasteiger partial charge in [0.25, 0.3) is 0 Å². The van der Waals surface area contributed by atoms with Crippen LogP contribution >= 0.6 is 11.9 Å². The number of carbonyl (C=O) groups is 1. The first-order valence-corrected chi connectivity index (χ1v) is 10.8. The summed E-state index contributed by atoms with van der Waals surface area (Å²) in [6, 6.07) is 10.7. The number of hydrogen-bond donors (Lipinski definition) is 2. The van der Waals surface area contributed by atoms with Gasteiger partial charge in [-0.2, -0.15) is 8.42 Å². The molecule has 0 saturated heterocycles. The lowest BCUT2D eigenvalue weighted by molar-refractivity contribution is 0.177. The standard InChI is InChI=1S/C18H19N3O6S2/c1-3-10-26-12-4-6-13(7-5-12)27-29(23,24)14-8-9-15-16(11-14)21-28-17(19-15)20-18(22)25-2/h4-9,11,21H,3,10H2,1-2H3,(H,19,20,22). The van der Waals surface area contributed by atoms with Gasteiger partial charge in [-0.1, -0.05) is 6.92 Å². The number of alkyl carbamates (subject to hydrolysis) is 1. The molecule has 29 heavy (non-hydrogen) atoms. The molecule has 1 amide bonds. The van der Waals surface area contributed by atoms with Crippen LogP contribution in [0.15, 0.2) is 52.4 Å². The van der Waals surface area contributed by atoms with Gasteiger partial charge in [-0.15, -0.1) is 0 Å². The Kier molecular flexibility index (Phi) is 6.49. The molecule has 2 N–H and O–H groups in total. The number of anilines is 1. The lowest BCUT2D eigenvalue weighted by Gasteiger charge is -2.17. The van der Waals surface area contributed by atoms with Crippen LogP contribution in [0.25, 0.3) is 0 Å². The number of carbonyl (C=O) groups excluding carboxylic acids is 1. The van der Waals surface area contributed by atoms with Crippen molar-refractivity contribution in [2.45, 2.75) is 18.2 Å². The molecular formula is C18H19N3O6S2. The minimum Gasteiger partial charge on any atom is -0.494 e. The second-order valence-corrected chi connectivity index (χ2v) is 8.12. The van der Waals surface area contributed by atoms with Gasteiger partial charge >= 0.3 is 16.2 Å². The van der Waals surface area contributed by atoms with Gasteiger partial charge in [0.2, 0.25) is 0 Å². The third-order valence-corrected chi connectivity index (χ3v) is 5.59. The van der Waals surface area contributed by atoms with Crippen LogP contribution in [0.4, 0.5) is 16.2 Å². The fraction of sp³-hybridized carbons (Fsp3) is 0.222. The van der Waals surface area contributed by atoms with Crippen molar-refractivity contribution in [2.75, 3.05) is 18.4 Å². The first-order chi connectivity index (χ1) is 13.9. The maximum absolute atomic E-state index is 12.6. The molecule has 3 rings (SSSR count). The van der Waals surface area contributed by atoms with Crippen LogP contribution in [0, 0.1) is 0 Å². The number of aliphatic imine (C=N–C) groups is 1. The number of fused-ring (bicyclic) bond motifs is 1. The fourth-order valence-electron chi connectivity index (χ4n) is 2.26. The third-order valence-electron chi connectivity index (χ3n) is 3.63. The summed E-state index contributed by atoms with van der Waals surface area (Å²) in [4.78, 5) is 15.5. The van der Waals surface area contributed by atoms with Gasteiger partial charge in [-0.25, -0.2) is 9.79 Å². The lowest BCUT2D eigenvalue weighted by atomic mass is 10.3. The summed E-state index contributed by atoms with van der Waals surface area (Å²) >= 11 is 1.02. The smallest absolute Gasteiger partial charge is 0.412 e. The average Bonchev–Trinajstić information content (AvgIpc) is 2.72. The molecular weight excluding hydrogens is 418 g/mol. The summed E-state index contributed by atoms with van der Waals surface area (Å²) < 4.78 is 43.3. The Labute approximate surface area is 172 Å². The Morgan fingerprint density at radius 2 is 1.90 bits per heavy atom. The molecule has 1 aliphatic rings. The maximum atomic E-state index is 12.6. The molecule has 11 heteroatoms. The van der Waals surface area contributed by atoms with E-state index in [0.29, 0.717) is 23.7 Å². The number of methoxy groups -OCH3 is 1. The number of amides is 1. The minimum atomic E-state index is -4.04. The van der Waals surface area contributed by atoms with Crippen LogP contribution in [0.3, 0.4) is 0 Å². The van der Waals surface area contributed by atoms with E-state index in [1.165, 1.54) is 37.4 Å². The molecule has 0 fully saturated rings. The van der Waals surface area contributed by atoms with E-state index >= 15 is 0 Å². The number of hydrogen-bond acceptors (Lipinski definition) is 9. The van der Waals surface area contributed by atoms with Gasteiger partial charge in [0.05, 0.1) is 25.1 Å². The molecule has 0 aromatic heterocycles. The van der Waals surface area contributed by atoms with Crippen molar-refractivity contribution in [3.05, 3.63) is 42.5 Å². The van der Waals surface area contributed by atoms with E-state index < -0.39 is 16.2 Å². The zero-order chi connectivity index (χ0) is 20.9. The Balaban J connectivity index is 1.74. The number of rotatable bonds is 6. The normalized spacial score (nSPS) is 12.8. The van der Waals surface area contributed by atoms with Crippen molar-refractivity contribution >= 4 is 44.7 Å². The predicted molar refractivity (Wildman–Crippen MR) is 110 cm³/mol. The second kappa shape index (κ2) is 9.05. The van der Waals surface area contributed by atoms with E-state index in [-0.39, 0.29) is 15.8 Å². The van der Waals surface area contributed by atoms with E-state index in [1.807, 2.05) is 6.92 Å². The molecule has 9 nitrogen and oxygen atoms in total. The largest absolute Gasteiger partial charge is 0.494 e. The second-order valence-electron chi connectivity index (χ2n) is 5.77. The molecule has 2 aromatic carbocycles. The molecule has 1 heterocycles. The van der Waals surface area contributed by atoms with Gasteiger partial charge in [0.15, 0.2) is 5.17 Å². The van der Waals surface area contributed by atoms with E-state index in [0.717, 1.165) is 18.4 Å². The number of nitrogens with one attached hydrogen (secondary N) is 2. The van der Waals surface area contributed by atoms with Crippen LogP contribution in [0.2, 0.25) is 0 Å². The van der Waals surface area contributed by atoms with Gasteiger partial charge in [0.1, 0.15) is 16.4 Å². The average molecular weight is 437 g/mol. The first kappa shape index (κ1) is 20.8. The quantitative estimate of drug-likeness (QED) is 0.520. The highest BCUT2D eigenvalue weighted by atomic mass is 32.2. The summed E-state index contributed by atoms with van der Waals surface area (Å²) in [7, 11) is -2.80. The first-order valence-electron chi connectivity index (χ1n) is 8.59. The third kappa shape index (κ3) is 5.33. The molecule has 0 radical (unpaired) electrons. The summed E-state index contributed by atoms with van der Waals surface area (Å²) in [5.41, 5.74) is 0.935. The Hall–Kier alpha value is -2.92. The summed E-state index contributed by atoms with van der Waals surface area (Å²) in [6.07, 6.45) is 0.224. The van der Waals surface area contributed by atoms with Crippen molar-refractivity contribution in [2.24, 2.45) is 4.99 Å². The van der Waals surface area contributed by atoms with Crippen molar-refractivity contribution in [3.63, 3.8) is 0 Å². The lowest BCUT2D eigenvalue weighted by Crippen LogP contribution is -2.29. The zero-order valence-electron chi connectivity index (χ0n) is 15.7. The molecule has 0 saturated carbocycles. The highest BCUT2D eigenvalue weighted by Gasteiger charge is 2.21. The highest BCUT2D eigenvalue weighted by Crippen LogP contribution is 2.35. The Morgan fingerprint density at radius 1 is 1.17 bits per heavy atom. The molecule has 0 unspecified atom stereocenters. The van der Waals surface area contributed by atoms with E-state index in [9.17, 15) is 13.2 Å². The predicted octanol–water partition coefficient (Wildman–Crippen LogP) is 3.66. The van der Waals surface area contributed by atoms with Gasteiger partial charge in [-0.3, -0.25) is 5.32 Å². The number of nitrogens with zero attached hydrogens (tertiary/aromatic N) is 1. The van der Waals surface area contributed by atoms with Gasteiger partial charge in [-0.05, 0) is 48.9 Å². The SMILES string of the molecule is CCCOc1ccc(OS(=O)(=O)c2ccc3c(c2)NSC(NC(=O)OC)=N3)cc1. The van der Waals surface area contributed by atoms with E-state index in [4.69, 9.17) is 8.92 Å². The topological polar surface area (TPSA) is 115 Å². The molecule has 0 bridgehead atoms. The molecule has 0 spiro atoms. The maximum Gasteiger partial charge on any atom is 0.412 e. The summed E-state index contributed by atoms with van der Waals surface area (Å²) in [5, 5.41) is 2.72. The number of ether oxygens (including phenoxy) is 2. The number of amidine groups is 1. The minimum absolute atomic E-state index is 0.0322. The van der Waals surface area contributed by atoms with Gasteiger partial charge in [0, 0.05) is 11.9 Å². The molecule has 0 aliphatic carbocycles. The van der Waals surface area contributed by atoms with Crippen LogP contribution in [-0.4, -0.2) is 33.4 Å². The van der Waals surface area contributed by atoms with Crippen LogP contribution < -0.4 is 19.0 Å². The molecule has 154 valence electrons. The van der Waals surface area contributed by atoms with Crippen molar-refractivity contribution in [1.29, 1.82) is 0 Å². The monoisotopic (exact) mass is 437 g/mol. The zero-order valence-corrected chi connectivity index (χ0v) is 17.3. The van der Waals surface area contributed by atoms with E-state index in [2.05, 4.69) is 19.8 Å². The van der Waals surface area contributed by atoms with Crippen molar-refractivity contribution < 1.29 is 26.9 Å². The highest BCUT2D eigenvalue weighted by molar-refractivity contribution is 8.15. The van der Waals surface area contributed by atoms with Crippen molar-refractivity contribution in [1.82, 2.24) is 5.32 Å². The summed E-state index contributed by atoms with van der Waals surface area (Å²) in [6.45, 7) is 2.58. The molecule has 2 aromatic rings. The Bertz CT molecular complexity index is 1020. The van der Waals surface area contributed by atoms with Crippen LogP contribution in [0.5, 0.6) is 11.5 Å².